The van der Waals surface area contributed by atoms with Crippen molar-refractivity contribution in [2.45, 2.75) is 26.3 Å². The third kappa shape index (κ3) is 3.38. The van der Waals surface area contributed by atoms with Crippen LogP contribution in [0.25, 0.3) is 0 Å². The van der Waals surface area contributed by atoms with Crippen LogP contribution in [0.1, 0.15) is 18.1 Å². The van der Waals surface area contributed by atoms with E-state index < -0.39 is 0 Å². The van der Waals surface area contributed by atoms with Gasteiger partial charge >= 0.3 is 0 Å². The first-order valence-corrected chi connectivity index (χ1v) is 5.97. The lowest BCUT2D eigenvalue weighted by Crippen LogP contribution is -2.26. The number of benzene rings is 1. The highest BCUT2D eigenvalue weighted by atomic mass is 16.5. The molecule has 0 radical (unpaired) electrons. The first-order chi connectivity index (χ1) is 8.63. The van der Waals surface area contributed by atoms with Crippen LogP contribution >= 0.6 is 0 Å². The summed E-state index contributed by atoms with van der Waals surface area (Å²) < 4.78 is 10.7. The van der Waals surface area contributed by atoms with Crippen LogP contribution in [-0.2, 0) is 6.42 Å². The first kappa shape index (κ1) is 14.3. The maximum Gasteiger partial charge on any atom is 0.128 e. The Kier molecular flexibility index (Phi) is 5.47. The summed E-state index contributed by atoms with van der Waals surface area (Å²) >= 11 is 0. The second kappa shape index (κ2) is 6.87. The molecule has 1 rings (SSSR count). The average molecular weight is 248 g/mol. The molecule has 0 saturated heterocycles. The summed E-state index contributed by atoms with van der Waals surface area (Å²) in [5.41, 5.74) is 2.12. The van der Waals surface area contributed by atoms with Crippen LogP contribution in [-0.4, -0.2) is 26.8 Å². The van der Waals surface area contributed by atoms with Gasteiger partial charge in [-0.1, -0.05) is 6.07 Å². The maximum absolute atomic E-state index is 8.69. The molecule has 1 aromatic carbocycles. The minimum absolute atomic E-state index is 0.129. The Labute approximate surface area is 109 Å². The summed E-state index contributed by atoms with van der Waals surface area (Å²) in [6.07, 6.45) is 0.819. The molecule has 0 fully saturated rings. The number of nitriles is 1. The van der Waals surface area contributed by atoms with Gasteiger partial charge in [0.1, 0.15) is 11.5 Å². The Morgan fingerprint density at radius 1 is 1.33 bits per heavy atom. The van der Waals surface area contributed by atoms with Crippen molar-refractivity contribution in [1.82, 2.24) is 5.32 Å². The number of rotatable bonds is 6. The van der Waals surface area contributed by atoms with E-state index in [0.717, 1.165) is 35.6 Å². The molecule has 18 heavy (non-hydrogen) atoms. The number of hydrogen-bond acceptors (Lipinski definition) is 4. The van der Waals surface area contributed by atoms with Gasteiger partial charge in [-0.2, -0.15) is 5.26 Å². The Morgan fingerprint density at radius 3 is 2.61 bits per heavy atom. The molecule has 0 aliphatic rings. The van der Waals surface area contributed by atoms with Crippen molar-refractivity contribution in [3.05, 3.63) is 23.3 Å². The SMILES string of the molecule is COc1ccc(CCNC(C)C#N)c(OC)c1C. The molecule has 4 nitrogen and oxygen atoms in total. The second-order valence-corrected chi connectivity index (χ2v) is 4.14. The molecule has 0 aliphatic carbocycles. The van der Waals surface area contributed by atoms with Crippen LogP contribution in [0.2, 0.25) is 0 Å². The Balaban J connectivity index is 2.77. The molecule has 0 bridgehead atoms. The zero-order chi connectivity index (χ0) is 13.5. The predicted molar refractivity (Wildman–Crippen MR) is 71.1 cm³/mol. The number of nitrogens with one attached hydrogen (secondary N) is 1. The minimum Gasteiger partial charge on any atom is -0.496 e. The van der Waals surface area contributed by atoms with Crippen LogP contribution in [0, 0.1) is 18.3 Å². The predicted octanol–water partition coefficient (Wildman–Crippen LogP) is 2.06. The van der Waals surface area contributed by atoms with Gasteiger partial charge in [-0.15, -0.1) is 0 Å². The van der Waals surface area contributed by atoms with Crippen molar-refractivity contribution >= 4 is 0 Å². The molecule has 0 spiro atoms. The van der Waals surface area contributed by atoms with Gasteiger partial charge < -0.3 is 14.8 Å². The monoisotopic (exact) mass is 248 g/mol. The fourth-order valence-corrected chi connectivity index (χ4v) is 1.90. The highest BCUT2D eigenvalue weighted by Gasteiger charge is 2.11. The Morgan fingerprint density at radius 2 is 2.06 bits per heavy atom. The van der Waals surface area contributed by atoms with E-state index in [-0.39, 0.29) is 6.04 Å². The van der Waals surface area contributed by atoms with E-state index in [1.807, 2.05) is 26.0 Å². The molecular weight excluding hydrogens is 228 g/mol. The first-order valence-electron chi connectivity index (χ1n) is 5.97. The molecule has 0 amide bonds. The molecule has 0 saturated carbocycles. The third-order valence-corrected chi connectivity index (χ3v) is 2.90. The zero-order valence-electron chi connectivity index (χ0n) is 11.4. The normalized spacial score (nSPS) is 11.7. The molecule has 0 aromatic heterocycles. The van der Waals surface area contributed by atoms with Crippen molar-refractivity contribution in [1.29, 1.82) is 5.26 Å². The van der Waals surface area contributed by atoms with E-state index in [9.17, 15) is 0 Å². The minimum atomic E-state index is -0.129. The van der Waals surface area contributed by atoms with Crippen molar-refractivity contribution < 1.29 is 9.47 Å². The lowest BCUT2D eigenvalue weighted by Gasteiger charge is -2.15. The second-order valence-electron chi connectivity index (χ2n) is 4.14. The number of hydrogen-bond donors (Lipinski definition) is 1. The van der Waals surface area contributed by atoms with Gasteiger partial charge in [-0.3, -0.25) is 0 Å². The van der Waals surface area contributed by atoms with E-state index in [2.05, 4.69) is 11.4 Å². The van der Waals surface area contributed by atoms with Crippen molar-refractivity contribution in [2.24, 2.45) is 0 Å². The van der Waals surface area contributed by atoms with E-state index >= 15 is 0 Å². The molecule has 4 heteroatoms. The Hall–Kier alpha value is -1.73. The van der Waals surface area contributed by atoms with Crippen LogP contribution in [0.4, 0.5) is 0 Å². The fourth-order valence-electron chi connectivity index (χ4n) is 1.90. The summed E-state index contributed by atoms with van der Waals surface area (Å²) in [6, 6.07) is 5.97. The lowest BCUT2D eigenvalue weighted by molar-refractivity contribution is 0.385. The van der Waals surface area contributed by atoms with Gasteiger partial charge in [0.15, 0.2) is 0 Å². The molecule has 1 atom stereocenters. The van der Waals surface area contributed by atoms with E-state index in [1.165, 1.54) is 0 Å². The molecule has 1 N–H and O–H groups in total. The number of nitrogens with zero attached hydrogens (tertiary/aromatic N) is 1. The average Bonchev–Trinajstić information content (AvgIpc) is 2.39. The number of methoxy groups -OCH3 is 2. The number of ether oxygens (including phenoxy) is 2. The molecular formula is C14H20N2O2. The highest BCUT2D eigenvalue weighted by Crippen LogP contribution is 2.31. The van der Waals surface area contributed by atoms with Gasteiger partial charge in [0.2, 0.25) is 0 Å². The third-order valence-electron chi connectivity index (χ3n) is 2.90. The van der Waals surface area contributed by atoms with Crippen LogP contribution < -0.4 is 14.8 Å². The topological polar surface area (TPSA) is 54.3 Å². The molecule has 98 valence electrons. The zero-order valence-corrected chi connectivity index (χ0v) is 11.4. The fraction of sp³-hybridized carbons (Fsp3) is 0.500. The van der Waals surface area contributed by atoms with Crippen molar-refractivity contribution in [3.8, 4) is 17.6 Å². The van der Waals surface area contributed by atoms with E-state index in [0.29, 0.717) is 0 Å². The summed E-state index contributed by atoms with van der Waals surface area (Å²) in [4.78, 5) is 0. The molecule has 1 unspecified atom stereocenters. The van der Waals surface area contributed by atoms with Crippen LogP contribution in [0.5, 0.6) is 11.5 Å². The van der Waals surface area contributed by atoms with Gasteiger partial charge in [0.05, 0.1) is 26.3 Å². The highest BCUT2D eigenvalue weighted by molar-refractivity contribution is 5.49. The maximum atomic E-state index is 8.69. The van der Waals surface area contributed by atoms with Crippen LogP contribution in [0.3, 0.4) is 0 Å². The van der Waals surface area contributed by atoms with Gasteiger partial charge in [0.25, 0.3) is 0 Å². The summed E-state index contributed by atoms with van der Waals surface area (Å²) in [5.74, 6) is 1.69. The van der Waals surface area contributed by atoms with Crippen molar-refractivity contribution in [3.63, 3.8) is 0 Å². The molecule has 0 heterocycles. The standard InChI is InChI=1S/C14H20N2O2/c1-10(9-15)16-8-7-12-5-6-13(17-3)11(2)14(12)18-4/h5-6,10,16H,7-8H2,1-4H3. The van der Waals surface area contributed by atoms with E-state index in [4.69, 9.17) is 14.7 Å². The largest absolute Gasteiger partial charge is 0.496 e. The molecule has 0 aliphatic heterocycles. The van der Waals surface area contributed by atoms with Crippen LogP contribution in [0.15, 0.2) is 12.1 Å². The van der Waals surface area contributed by atoms with Gasteiger partial charge in [-0.05, 0) is 31.9 Å². The quantitative estimate of drug-likeness (QED) is 0.837. The molecule has 1 aromatic rings. The summed E-state index contributed by atoms with van der Waals surface area (Å²) in [7, 11) is 3.31. The summed E-state index contributed by atoms with van der Waals surface area (Å²) in [6.45, 7) is 4.57. The smallest absolute Gasteiger partial charge is 0.128 e. The van der Waals surface area contributed by atoms with E-state index in [1.54, 1.807) is 14.2 Å². The lowest BCUT2D eigenvalue weighted by atomic mass is 10.1. The summed E-state index contributed by atoms with van der Waals surface area (Å²) in [5, 5.41) is 11.8. The van der Waals surface area contributed by atoms with Crippen molar-refractivity contribution in [2.75, 3.05) is 20.8 Å². The van der Waals surface area contributed by atoms with Gasteiger partial charge in [-0.25, -0.2) is 0 Å². The Bertz CT molecular complexity index is 438. The van der Waals surface area contributed by atoms with Gasteiger partial charge in [0, 0.05) is 12.1 Å².